The third-order valence-corrected chi connectivity index (χ3v) is 1.92. The standard InChI is InChI=1S/C10H11NO2/c1-4-5-8-7(6-11)9(12)13-10(8,2)3/h4-5H,1-3H3/b5-4+. The summed E-state index contributed by atoms with van der Waals surface area (Å²) in [5, 5.41) is 8.72. The van der Waals surface area contributed by atoms with Crippen molar-refractivity contribution in [1.82, 2.24) is 0 Å². The van der Waals surface area contributed by atoms with Crippen molar-refractivity contribution in [3.63, 3.8) is 0 Å². The summed E-state index contributed by atoms with van der Waals surface area (Å²) in [4.78, 5) is 11.2. The van der Waals surface area contributed by atoms with Gasteiger partial charge >= 0.3 is 5.97 Å². The molecule has 0 aromatic heterocycles. The lowest BCUT2D eigenvalue weighted by atomic mass is 9.96. The second kappa shape index (κ2) is 3.06. The Morgan fingerprint density at radius 2 is 2.15 bits per heavy atom. The van der Waals surface area contributed by atoms with E-state index in [1.165, 1.54) is 0 Å². The molecule has 0 bridgehead atoms. The summed E-state index contributed by atoms with van der Waals surface area (Å²) in [5.74, 6) is -0.527. The fourth-order valence-electron chi connectivity index (χ4n) is 1.31. The number of nitrogens with zero attached hydrogens (tertiary/aromatic N) is 1. The van der Waals surface area contributed by atoms with E-state index in [1.807, 2.05) is 13.0 Å². The van der Waals surface area contributed by atoms with Gasteiger partial charge in [-0.05, 0) is 20.8 Å². The number of carbonyl (C=O) groups excluding carboxylic acids is 1. The zero-order valence-corrected chi connectivity index (χ0v) is 7.92. The maximum atomic E-state index is 11.2. The van der Waals surface area contributed by atoms with Crippen molar-refractivity contribution in [3.05, 3.63) is 23.3 Å². The highest BCUT2D eigenvalue weighted by molar-refractivity contribution is 5.97. The van der Waals surface area contributed by atoms with Crippen LogP contribution in [0.3, 0.4) is 0 Å². The van der Waals surface area contributed by atoms with E-state index in [-0.39, 0.29) is 5.57 Å². The van der Waals surface area contributed by atoms with Gasteiger partial charge in [0, 0.05) is 5.57 Å². The van der Waals surface area contributed by atoms with E-state index in [0.29, 0.717) is 5.57 Å². The van der Waals surface area contributed by atoms with Gasteiger partial charge in [-0.25, -0.2) is 4.79 Å². The zero-order valence-electron chi connectivity index (χ0n) is 7.92. The summed E-state index contributed by atoms with van der Waals surface area (Å²) in [7, 11) is 0. The molecule has 1 aliphatic rings. The molecule has 0 aromatic carbocycles. The Morgan fingerprint density at radius 3 is 2.62 bits per heavy atom. The summed E-state index contributed by atoms with van der Waals surface area (Å²) in [5.41, 5.74) is 0.0971. The molecule has 1 rings (SSSR count). The molecule has 0 radical (unpaired) electrons. The van der Waals surface area contributed by atoms with Crippen LogP contribution in [-0.4, -0.2) is 11.6 Å². The number of hydrogen-bond acceptors (Lipinski definition) is 3. The SMILES string of the molecule is C/C=C/C1=C(C#N)C(=O)OC1(C)C. The lowest BCUT2D eigenvalue weighted by Gasteiger charge is -2.18. The van der Waals surface area contributed by atoms with Crippen molar-refractivity contribution >= 4 is 5.97 Å². The van der Waals surface area contributed by atoms with Crippen LogP contribution in [0.15, 0.2) is 23.3 Å². The van der Waals surface area contributed by atoms with Crippen LogP contribution in [0, 0.1) is 11.3 Å². The summed E-state index contributed by atoms with van der Waals surface area (Å²) < 4.78 is 5.03. The topological polar surface area (TPSA) is 50.1 Å². The first-order valence-corrected chi connectivity index (χ1v) is 4.04. The van der Waals surface area contributed by atoms with Crippen LogP contribution in [0.1, 0.15) is 20.8 Å². The van der Waals surface area contributed by atoms with Crippen LogP contribution in [0.25, 0.3) is 0 Å². The van der Waals surface area contributed by atoms with Gasteiger partial charge in [-0.2, -0.15) is 5.26 Å². The Morgan fingerprint density at radius 1 is 1.54 bits per heavy atom. The Labute approximate surface area is 77.3 Å². The lowest BCUT2D eigenvalue weighted by Crippen LogP contribution is -2.22. The summed E-state index contributed by atoms with van der Waals surface area (Å²) in [6.45, 7) is 5.37. The molecule has 0 aromatic rings. The minimum Gasteiger partial charge on any atom is -0.451 e. The van der Waals surface area contributed by atoms with Crippen LogP contribution < -0.4 is 0 Å². The molecule has 0 fully saturated rings. The Bertz CT molecular complexity index is 342. The largest absolute Gasteiger partial charge is 0.451 e. The molecule has 0 saturated carbocycles. The summed E-state index contributed by atoms with van der Waals surface area (Å²) in [6, 6.07) is 1.86. The van der Waals surface area contributed by atoms with Crippen molar-refractivity contribution in [2.45, 2.75) is 26.4 Å². The van der Waals surface area contributed by atoms with Crippen LogP contribution in [0.4, 0.5) is 0 Å². The quantitative estimate of drug-likeness (QED) is 0.573. The van der Waals surface area contributed by atoms with E-state index in [0.717, 1.165) is 0 Å². The Kier molecular flexibility index (Phi) is 2.24. The average molecular weight is 177 g/mol. The molecule has 68 valence electrons. The summed E-state index contributed by atoms with van der Waals surface area (Å²) >= 11 is 0. The normalized spacial score (nSPS) is 20.6. The smallest absolute Gasteiger partial charge is 0.350 e. The monoisotopic (exact) mass is 177 g/mol. The first-order valence-electron chi connectivity index (χ1n) is 4.04. The van der Waals surface area contributed by atoms with Crippen LogP contribution in [0.2, 0.25) is 0 Å². The van der Waals surface area contributed by atoms with Crippen molar-refractivity contribution < 1.29 is 9.53 Å². The number of rotatable bonds is 1. The molecule has 3 heteroatoms. The molecular formula is C10H11NO2. The molecule has 0 N–H and O–H groups in total. The number of cyclic esters (lactones) is 1. The molecular weight excluding hydrogens is 166 g/mol. The van der Waals surface area contributed by atoms with Gasteiger partial charge in [-0.1, -0.05) is 12.2 Å². The minimum atomic E-state index is -0.672. The number of nitriles is 1. The van der Waals surface area contributed by atoms with Gasteiger partial charge in [0.15, 0.2) is 0 Å². The molecule has 0 atom stereocenters. The highest BCUT2D eigenvalue weighted by Gasteiger charge is 2.38. The number of allylic oxidation sites excluding steroid dienone is 1. The van der Waals surface area contributed by atoms with Gasteiger partial charge in [0.05, 0.1) is 0 Å². The van der Waals surface area contributed by atoms with Gasteiger partial charge in [-0.15, -0.1) is 0 Å². The molecule has 0 aliphatic carbocycles. The third kappa shape index (κ3) is 1.48. The first kappa shape index (κ1) is 9.53. The van der Waals surface area contributed by atoms with E-state index >= 15 is 0 Å². The number of esters is 1. The van der Waals surface area contributed by atoms with Crippen molar-refractivity contribution in [2.24, 2.45) is 0 Å². The lowest BCUT2D eigenvalue weighted by molar-refractivity contribution is -0.144. The highest BCUT2D eigenvalue weighted by Crippen LogP contribution is 2.32. The van der Waals surface area contributed by atoms with Crippen molar-refractivity contribution in [2.75, 3.05) is 0 Å². The molecule has 0 saturated heterocycles. The maximum absolute atomic E-state index is 11.2. The fourth-order valence-corrected chi connectivity index (χ4v) is 1.31. The van der Waals surface area contributed by atoms with Crippen molar-refractivity contribution in [3.8, 4) is 6.07 Å². The van der Waals surface area contributed by atoms with Crippen LogP contribution in [0.5, 0.6) is 0 Å². The van der Waals surface area contributed by atoms with Gasteiger partial charge in [-0.3, -0.25) is 0 Å². The van der Waals surface area contributed by atoms with Crippen LogP contribution >= 0.6 is 0 Å². The van der Waals surface area contributed by atoms with Gasteiger partial charge in [0.1, 0.15) is 17.2 Å². The second-order valence-corrected chi connectivity index (χ2v) is 3.30. The molecule has 0 spiro atoms. The minimum absolute atomic E-state index is 0.114. The molecule has 1 aliphatic heterocycles. The molecule has 13 heavy (non-hydrogen) atoms. The van der Waals surface area contributed by atoms with Gasteiger partial charge in [0.25, 0.3) is 0 Å². The first-order chi connectivity index (χ1) is 6.03. The summed E-state index contributed by atoms with van der Waals surface area (Å²) in [6.07, 6.45) is 3.53. The van der Waals surface area contributed by atoms with Gasteiger partial charge in [0.2, 0.25) is 0 Å². The Hall–Kier alpha value is -1.56. The zero-order chi connectivity index (χ0) is 10.1. The van der Waals surface area contributed by atoms with Crippen LogP contribution in [-0.2, 0) is 9.53 Å². The van der Waals surface area contributed by atoms with E-state index in [2.05, 4.69) is 0 Å². The number of hydrogen-bond donors (Lipinski definition) is 0. The average Bonchev–Trinajstić information content (AvgIpc) is 2.23. The second-order valence-electron chi connectivity index (χ2n) is 3.30. The van der Waals surface area contributed by atoms with Crippen molar-refractivity contribution in [1.29, 1.82) is 5.26 Å². The van der Waals surface area contributed by atoms with E-state index in [1.54, 1.807) is 26.0 Å². The molecule has 3 nitrogen and oxygen atoms in total. The fraction of sp³-hybridized carbons (Fsp3) is 0.400. The van der Waals surface area contributed by atoms with E-state index in [9.17, 15) is 4.79 Å². The third-order valence-electron chi connectivity index (χ3n) is 1.92. The highest BCUT2D eigenvalue weighted by atomic mass is 16.6. The van der Waals surface area contributed by atoms with E-state index in [4.69, 9.17) is 10.00 Å². The Balaban J connectivity index is 3.27. The van der Waals surface area contributed by atoms with E-state index < -0.39 is 11.6 Å². The molecule has 1 heterocycles. The number of ether oxygens (including phenoxy) is 1. The maximum Gasteiger partial charge on any atom is 0.350 e. The van der Waals surface area contributed by atoms with Gasteiger partial charge < -0.3 is 4.74 Å². The molecule has 0 amide bonds. The predicted octanol–water partition coefficient (Wildman–Crippen LogP) is 1.72. The predicted molar refractivity (Wildman–Crippen MR) is 47.6 cm³/mol. The molecule has 0 unspecified atom stereocenters. The number of carbonyl (C=O) groups is 1.